The summed E-state index contributed by atoms with van der Waals surface area (Å²) in [5.74, 6) is 0.820. The summed E-state index contributed by atoms with van der Waals surface area (Å²) < 4.78 is 6.50. The molecule has 20 heavy (non-hydrogen) atoms. The van der Waals surface area contributed by atoms with E-state index in [9.17, 15) is 9.59 Å². The van der Waals surface area contributed by atoms with Gasteiger partial charge >= 0.3 is 5.97 Å². The molecule has 1 heterocycles. The van der Waals surface area contributed by atoms with Crippen LogP contribution in [-0.4, -0.2) is 23.4 Å². The first-order valence-electron chi connectivity index (χ1n) is 7.28. The van der Waals surface area contributed by atoms with Gasteiger partial charge in [-0.2, -0.15) is 0 Å². The normalized spacial score (nSPS) is 22.6. The van der Waals surface area contributed by atoms with Crippen molar-refractivity contribution in [1.29, 1.82) is 0 Å². The van der Waals surface area contributed by atoms with Gasteiger partial charge in [0.05, 0.1) is 19.2 Å². The topological polar surface area (TPSA) is 48.3 Å². The summed E-state index contributed by atoms with van der Waals surface area (Å²) in [4.78, 5) is 23.9. The zero-order valence-electron chi connectivity index (χ0n) is 12.5. The van der Waals surface area contributed by atoms with Gasteiger partial charge in [0.25, 0.3) is 0 Å². The number of methoxy groups -OCH3 is 1. The smallest absolute Gasteiger partial charge is 0.311 e. The molecule has 4 heteroatoms. The van der Waals surface area contributed by atoms with E-state index in [1.807, 2.05) is 23.7 Å². The van der Waals surface area contributed by atoms with Gasteiger partial charge in [0, 0.05) is 18.7 Å². The van der Waals surface area contributed by atoms with Crippen molar-refractivity contribution in [3.05, 3.63) is 23.5 Å². The lowest BCUT2D eigenvalue weighted by molar-refractivity contribution is -0.139. The highest BCUT2D eigenvalue weighted by Gasteiger charge is 2.27. The number of carbonyl (C=O) groups excluding carboxylic acids is 2. The molecule has 1 saturated carbocycles. The SMILES string of the molecule is COC(=O)Cc1ccc(C(=O)C2CCC(C)CC2)n1C. The van der Waals surface area contributed by atoms with E-state index in [2.05, 4.69) is 11.7 Å². The van der Waals surface area contributed by atoms with Crippen molar-refractivity contribution in [3.63, 3.8) is 0 Å². The number of ketones is 1. The van der Waals surface area contributed by atoms with Crippen LogP contribution in [-0.2, 0) is 23.0 Å². The second-order valence-electron chi connectivity index (χ2n) is 5.84. The highest BCUT2D eigenvalue weighted by Crippen LogP contribution is 2.30. The minimum atomic E-state index is -0.281. The van der Waals surface area contributed by atoms with E-state index in [0.717, 1.165) is 37.3 Å². The third-order valence-electron chi connectivity index (χ3n) is 4.42. The van der Waals surface area contributed by atoms with Crippen LogP contribution in [0.1, 0.15) is 48.8 Å². The first-order valence-corrected chi connectivity index (χ1v) is 7.28. The van der Waals surface area contributed by atoms with Crippen molar-refractivity contribution >= 4 is 11.8 Å². The predicted molar refractivity (Wildman–Crippen MR) is 76.6 cm³/mol. The maximum atomic E-state index is 12.6. The lowest BCUT2D eigenvalue weighted by Crippen LogP contribution is -2.23. The summed E-state index contributed by atoms with van der Waals surface area (Å²) >= 11 is 0. The van der Waals surface area contributed by atoms with Crippen LogP contribution in [0, 0.1) is 11.8 Å². The van der Waals surface area contributed by atoms with Gasteiger partial charge in [0.15, 0.2) is 5.78 Å². The van der Waals surface area contributed by atoms with Gasteiger partial charge in [0.1, 0.15) is 0 Å². The molecule has 0 unspecified atom stereocenters. The van der Waals surface area contributed by atoms with Gasteiger partial charge in [0.2, 0.25) is 0 Å². The Kier molecular flexibility index (Phi) is 4.63. The van der Waals surface area contributed by atoms with Gasteiger partial charge < -0.3 is 9.30 Å². The predicted octanol–water partition coefficient (Wildman–Crippen LogP) is 2.75. The van der Waals surface area contributed by atoms with E-state index in [1.54, 1.807) is 0 Å². The second-order valence-corrected chi connectivity index (χ2v) is 5.84. The van der Waals surface area contributed by atoms with Gasteiger partial charge in [-0.1, -0.05) is 19.8 Å². The molecule has 4 nitrogen and oxygen atoms in total. The Morgan fingerprint density at radius 3 is 2.50 bits per heavy atom. The Bertz CT molecular complexity index is 496. The van der Waals surface area contributed by atoms with E-state index in [4.69, 9.17) is 0 Å². The van der Waals surface area contributed by atoms with Gasteiger partial charge in [-0.3, -0.25) is 9.59 Å². The van der Waals surface area contributed by atoms with Crippen LogP contribution in [0.15, 0.2) is 12.1 Å². The summed E-state index contributed by atoms with van der Waals surface area (Å²) in [6.07, 6.45) is 4.45. The number of rotatable bonds is 4. The molecule has 1 aromatic heterocycles. The lowest BCUT2D eigenvalue weighted by atomic mass is 9.80. The molecule has 1 aromatic rings. The zero-order chi connectivity index (χ0) is 14.7. The molecule has 1 aliphatic rings. The number of ether oxygens (including phenoxy) is 1. The van der Waals surface area contributed by atoms with Crippen molar-refractivity contribution in [2.75, 3.05) is 7.11 Å². The van der Waals surface area contributed by atoms with E-state index < -0.39 is 0 Å². The minimum absolute atomic E-state index is 0.144. The standard InChI is InChI=1S/C16H23NO3/c1-11-4-6-12(7-5-11)16(19)14-9-8-13(17(14)2)10-15(18)20-3/h8-9,11-12H,4-7,10H2,1-3H3. The van der Waals surface area contributed by atoms with Crippen LogP contribution >= 0.6 is 0 Å². The molecular formula is C16H23NO3. The highest BCUT2D eigenvalue weighted by molar-refractivity contribution is 5.96. The maximum Gasteiger partial charge on any atom is 0.311 e. The Balaban J connectivity index is 2.09. The molecule has 0 aliphatic heterocycles. The first-order chi connectivity index (χ1) is 9.52. The fourth-order valence-electron chi connectivity index (χ4n) is 2.93. The van der Waals surface area contributed by atoms with E-state index in [-0.39, 0.29) is 24.1 Å². The second kappa shape index (κ2) is 6.25. The molecule has 0 amide bonds. The van der Waals surface area contributed by atoms with Crippen LogP contribution < -0.4 is 0 Å². The molecule has 110 valence electrons. The van der Waals surface area contributed by atoms with E-state index >= 15 is 0 Å². The van der Waals surface area contributed by atoms with Crippen LogP contribution in [0.3, 0.4) is 0 Å². The Labute approximate surface area is 120 Å². The molecule has 0 radical (unpaired) electrons. The number of aromatic nitrogens is 1. The molecular weight excluding hydrogens is 254 g/mol. The summed E-state index contributed by atoms with van der Waals surface area (Å²) in [6.45, 7) is 2.25. The number of hydrogen-bond acceptors (Lipinski definition) is 3. The lowest BCUT2D eigenvalue weighted by Gasteiger charge is -2.25. The molecule has 0 N–H and O–H groups in total. The summed E-state index contributed by atoms with van der Waals surface area (Å²) in [5.41, 5.74) is 1.54. The number of nitrogens with zero attached hydrogens (tertiary/aromatic N) is 1. The fraction of sp³-hybridized carbons (Fsp3) is 0.625. The fourth-order valence-corrected chi connectivity index (χ4v) is 2.93. The minimum Gasteiger partial charge on any atom is -0.469 e. The molecule has 1 aliphatic carbocycles. The van der Waals surface area contributed by atoms with Crippen LogP contribution in [0.5, 0.6) is 0 Å². The van der Waals surface area contributed by atoms with E-state index in [0.29, 0.717) is 5.69 Å². The van der Waals surface area contributed by atoms with Crippen molar-refractivity contribution in [2.24, 2.45) is 18.9 Å². The molecule has 0 spiro atoms. The summed E-state index contributed by atoms with van der Waals surface area (Å²) in [6, 6.07) is 3.67. The van der Waals surface area contributed by atoms with Crippen molar-refractivity contribution in [1.82, 2.24) is 4.57 Å². The molecule has 2 rings (SSSR count). The van der Waals surface area contributed by atoms with Gasteiger partial charge in [-0.05, 0) is 30.9 Å². The number of Topliss-reactive ketones (excluding diaryl/α,β-unsaturated/α-hetero) is 1. The highest BCUT2D eigenvalue weighted by atomic mass is 16.5. The molecule has 0 bridgehead atoms. The molecule has 1 fully saturated rings. The summed E-state index contributed by atoms with van der Waals surface area (Å²) in [5, 5.41) is 0. The van der Waals surface area contributed by atoms with Crippen LogP contribution in [0.4, 0.5) is 0 Å². The van der Waals surface area contributed by atoms with Crippen LogP contribution in [0.2, 0.25) is 0 Å². The van der Waals surface area contributed by atoms with Crippen LogP contribution in [0.25, 0.3) is 0 Å². The third-order valence-corrected chi connectivity index (χ3v) is 4.42. The quantitative estimate of drug-likeness (QED) is 0.628. The molecule has 0 aromatic carbocycles. The average Bonchev–Trinajstić information content (AvgIpc) is 2.80. The van der Waals surface area contributed by atoms with Gasteiger partial charge in [-0.15, -0.1) is 0 Å². The van der Waals surface area contributed by atoms with Crippen molar-refractivity contribution < 1.29 is 14.3 Å². The van der Waals surface area contributed by atoms with Crippen molar-refractivity contribution in [3.8, 4) is 0 Å². The first kappa shape index (κ1) is 14.8. The molecule has 0 saturated heterocycles. The monoisotopic (exact) mass is 277 g/mol. The van der Waals surface area contributed by atoms with E-state index in [1.165, 1.54) is 7.11 Å². The summed E-state index contributed by atoms with van der Waals surface area (Å²) in [7, 11) is 3.22. The number of hydrogen-bond donors (Lipinski definition) is 0. The Hall–Kier alpha value is -1.58. The molecule has 0 atom stereocenters. The largest absolute Gasteiger partial charge is 0.469 e. The maximum absolute atomic E-state index is 12.6. The van der Waals surface area contributed by atoms with Gasteiger partial charge in [-0.25, -0.2) is 0 Å². The average molecular weight is 277 g/mol. The number of carbonyl (C=O) groups is 2. The third kappa shape index (κ3) is 3.11. The van der Waals surface area contributed by atoms with Crippen molar-refractivity contribution in [2.45, 2.75) is 39.0 Å². The Morgan fingerprint density at radius 1 is 1.25 bits per heavy atom. The zero-order valence-corrected chi connectivity index (χ0v) is 12.5. The number of esters is 1. The Morgan fingerprint density at radius 2 is 1.90 bits per heavy atom.